The number of hydrogen-bond donors (Lipinski definition) is 2. The number of rotatable bonds is 5. The molecule has 2 rings (SSSR count). The van der Waals surface area contributed by atoms with Gasteiger partial charge in [-0.1, -0.05) is 0 Å². The van der Waals surface area contributed by atoms with Gasteiger partial charge in [-0.05, 0) is 0 Å². The maximum Gasteiger partial charge on any atom is 0.305 e. The molecule has 8 heteroatoms. The van der Waals surface area contributed by atoms with Gasteiger partial charge < -0.3 is 5.32 Å². The van der Waals surface area contributed by atoms with E-state index in [-0.39, 0.29) is 12.1 Å². The zero-order chi connectivity index (χ0) is 13.8. The van der Waals surface area contributed by atoms with Gasteiger partial charge >= 0.3 is 5.69 Å². The third kappa shape index (κ3) is 3.10. The molecule has 0 spiro atoms. The van der Waals surface area contributed by atoms with Crippen molar-refractivity contribution in [2.75, 3.05) is 0 Å². The summed E-state index contributed by atoms with van der Waals surface area (Å²) in [6, 6.07) is 1.42. The van der Waals surface area contributed by atoms with Crippen LogP contribution in [0.1, 0.15) is 11.1 Å². The van der Waals surface area contributed by atoms with Crippen LogP contribution in [-0.4, -0.2) is 15.1 Å². The summed E-state index contributed by atoms with van der Waals surface area (Å²) < 4.78 is 26.6. The van der Waals surface area contributed by atoms with Crippen molar-refractivity contribution in [3.8, 4) is 0 Å². The molecule has 1 aromatic carbocycles. The van der Waals surface area contributed by atoms with Crippen molar-refractivity contribution in [2.24, 2.45) is 0 Å². The first-order valence-electron chi connectivity index (χ1n) is 5.38. The van der Waals surface area contributed by atoms with Gasteiger partial charge in [0, 0.05) is 42.5 Å². The third-order valence-electron chi connectivity index (χ3n) is 2.51. The maximum atomic E-state index is 13.4. The van der Waals surface area contributed by atoms with Crippen molar-refractivity contribution in [1.29, 1.82) is 0 Å². The van der Waals surface area contributed by atoms with Crippen molar-refractivity contribution in [3.63, 3.8) is 0 Å². The average molecular weight is 268 g/mol. The minimum absolute atomic E-state index is 0.0385. The standard InChI is InChI=1S/C11H10F2N4O2/c12-9-2-10(13)11(17(18)19)1-8(9)6-14-3-7-4-15-16-5-7/h1-2,4-5,14H,3,6H2,(H,15,16). The zero-order valence-corrected chi connectivity index (χ0v) is 9.69. The van der Waals surface area contributed by atoms with E-state index in [1.165, 1.54) is 0 Å². The number of hydrogen-bond acceptors (Lipinski definition) is 4. The van der Waals surface area contributed by atoms with Crippen molar-refractivity contribution in [2.45, 2.75) is 13.1 Å². The van der Waals surface area contributed by atoms with Gasteiger partial charge in [0.05, 0.1) is 11.1 Å². The van der Waals surface area contributed by atoms with Gasteiger partial charge in [0.25, 0.3) is 0 Å². The molecule has 1 heterocycles. The Morgan fingerprint density at radius 1 is 1.32 bits per heavy atom. The van der Waals surface area contributed by atoms with Gasteiger partial charge in [-0.2, -0.15) is 9.49 Å². The summed E-state index contributed by atoms with van der Waals surface area (Å²) in [5, 5.41) is 19.8. The lowest BCUT2D eigenvalue weighted by atomic mass is 10.1. The highest BCUT2D eigenvalue weighted by atomic mass is 19.1. The summed E-state index contributed by atoms with van der Waals surface area (Å²) >= 11 is 0. The van der Waals surface area contributed by atoms with Crippen LogP contribution >= 0.6 is 0 Å². The van der Waals surface area contributed by atoms with Crippen LogP contribution in [0.3, 0.4) is 0 Å². The number of aromatic amines is 1. The maximum absolute atomic E-state index is 13.4. The second-order valence-electron chi connectivity index (χ2n) is 3.86. The second kappa shape index (κ2) is 5.53. The molecule has 0 atom stereocenters. The van der Waals surface area contributed by atoms with E-state index in [1.54, 1.807) is 12.4 Å². The minimum Gasteiger partial charge on any atom is -0.308 e. The van der Waals surface area contributed by atoms with E-state index >= 15 is 0 Å². The lowest BCUT2D eigenvalue weighted by Crippen LogP contribution is -2.14. The number of nitro groups is 1. The van der Waals surface area contributed by atoms with Crippen molar-refractivity contribution in [1.82, 2.24) is 15.5 Å². The van der Waals surface area contributed by atoms with Gasteiger partial charge in [0.2, 0.25) is 5.82 Å². The van der Waals surface area contributed by atoms with Gasteiger partial charge in [-0.25, -0.2) is 4.39 Å². The molecule has 19 heavy (non-hydrogen) atoms. The molecule has 0 saturated carbocycles. The topological polar surface area (TPSA) is 83.8 Å². The molecule has 0 saturated heterocycles. The fourth-order valence-electron chi connectivity index (χ4n) is 1.57. The zero-order valence-electron chi connectivity index (χ0n) is 9.69. The van der Waals surface area contributed by atoms with E-state index in [4.69, 9.17) is 0 Å². The normalized spacial score (nSPS) is 10.6. The molecule has 0 radical (unpaired) electrons. The van der Waals surface area contributed by atoms with Gasteiger partial charge in [-0.15, -0.1) is 0 Å². The Morgan fingerprint density at radius 2 is 2.11 bits per heavy atom. The van der Waals surface area contributed by atoms with E-state index in [1.807, 2.05) is 0 Å². The fourth-order valence-corrected chi connectivity index (χ4v) is 1.57. The van der Waals surface area contributed by atoms with Crippen LogP contribution in [0.25, 0.3) is 0 Å². The third-order valence-corrected chi connectivity index (χ3v) is 2.51. The lowest BCUT2D eigenvalue weighted by molar-refractivity contribution is -0.387. The number of nitrogens with one attached hydrogen (secondary N) is 2. The molecule has 0 aliphatic heterocycles. The molecular weight excluding hydrogens is 258 g/mol. The monoisotopic (exact) mass is 268 g/mol. The fraction of sp³-hybridized carbons (Fsp3) is 0.182. The summed E-state index contributed by atoms with van der Waals surface area (Å²) in [5.41, 5.74) is 0.162. The van der Waals surface area contributed by atoms with Crippen molar-refractivity contribution in [3.05, 3.63) is 57.4 Å². The number of aromatic nitrogens is 2. The highest BCUT2D eigenvalue weighted by Gasteiger charge is 2.18. The number of nitrogens with zero attached hydrogens (tertiary/aromatic N) is 2. The molecule has 0 aliphatic carbocycles. The highest BCUT2D eigenvalue weighted by Crippen LogP contribution is 2.21. The quantitative estimate of drug-likeness (QED) is 0.640. The molecule has 0 unspecified atom stereocenters. The highest BCUT2D eigenvalue weighted by molar-refractivity contribution is 5.37. The lowest BCUT2D eigenvalue weighted by Gasteiger charge is -2.05. The Balaban J connectivity index is 2.07. The minimum atomic E-state index is -1.18. The Morgan fingerprint density at radius 3 is 2.74 bits per heavy atom. The van der Waals surface area contributed by atoms with Gasteiger partial charge in [0.15, 0.2) is 0 Å². The molecule has 100 valence electrons. The van der Waals surface area contributed by atoms with Crippen molar-refractivity contribution < 1.29 is 13.7 Å². The predicted octanol–water partition coefficient (Wildman–Crippen LogP) is 1.89. The van der Waals surface area contributed by atoms with Gasteiger partial charge in [0.1, 0.15) is 5.82 Å². The molecule has 1 aromatic heterocycles. The van der Waals surface area contributed by atoms with Crippen LogP contribution in [0.4, 0.5) is 14.5 Å². The number of benzene rings is 1. The van der Waals surface area contributed by atoms with Crippen molar-refractivity contribution >= 4 is 5.69 Å². The largest absolute Gasteiger partial charge is 0.308 e. The molecule has 0 fully saturated rings. The number of H-pyrrole nitrogens is 1. The first-order valence-corrected chi connectivity index (χ1v) is 5.38. The second-order valence-corrected chi connectivity index (χ2v) is 3.86. The Hall–Kier alpha value is -2.35. The molecule has 2 N–H and O–H groups in total. The first kappa shape index (κ1) is 13.1. The van der Waals surface area contributed by atoms with E-state index in [0.717, 1.165) is 11.6 Å². The van der Waals surface area contributed by atoms with E-state index < -0.39 is 22.2 Å². The van der Waals surface area contributed by atoms with Gasteiger partial charge in [-0.3, -0.25) is 15.2 Å². The summed E-state index contributed by atoms with van der Waals surface area (Å²) in [6.45, 7) is 0.471. The SMILES string of the molecule is O=[N+]([O-])c1cc(CNCc2cn[nH]c2)c(F)cc1F. The predicted molar refractivity (Wildman–Crippen MR) is 62.1 cm³/mol. The molecule has 2 aromatic rings. The first-order chi connectivity index (χ1) is 9.08. The van der Waals surface area contributed by atoms with Crippen LogP contribution in [-0.2, 0) is 13.1 Å². The summed E-state index contributed by atoms with van der Waals surface area (Å²) in [5.74, 6) is -2.00. The Labute approximate surface area is 106 Å². The van der Waals surface area contributed by atoms with Crippen LogP contribution in [0, 0.1) is 21.7 Å². The molecule has 0 amide bonds. The van der Waals surface area contributed by atoms with E-state index in [9.17, 15) is 18.9 Å². The summed E-state index contributed by atoms with van der Waals surface area (Å²) in [7, 11) is 0. The smallest absolute Gasteiger partial charge is 0.305 e. The summed E-state index contributed by atoms with van der Waals surface area (Å²) in [6.07, 6.45) is 3.26. The number of nitro benzene ring substituents is 1. The van der Waals surface area contributed by atoms with Crippen LogP contribution in [0.5, 0.6) is 0 Å². The van der Waals surface area contributed by atoms with E-state index in [2.05, 4.69) is 15.5 Å². The molecular formula is C11H10F2N4O2. The van der Waals surface area contributed by atoms with Crippen LogP contribution in [0.15, 0.2) is 24.5 Å². The van der Waals surface area contributed by atoms with Crippen LogP contribution in [0.2, 0.25) is 0 Å². The number of halogens is 2. The molecule has 0 aliphatic rings. The van der Waals surface area contributed by atoms with E-state index in [0.29, 0.717) is 12.6 Å². The van der Waals surface area contributed by atoms with Crippen LogP contribution < -0.4 is 5.32 Å². The average Bonchev–Trinajstić information content (AvgIpc) is 2.84. The Bertz CT molecular complexity index is 587. The summed E-state index contributed by atoms with van der Waals surface area (Å²) in [4.78, 5) is 9.68. The molecule has 6 nitrogen and oxygen atoms in total. The Kier molecular flexibility index (Phi) is 3.81. The molecule has 0 bridgehead atoms.